The molecule has 11 heavy (non-hydrogen) atoms. The van der Waals surface area contributed by atoms with Crippen LogP contribution >= 0.6 is 0 Å². The summed E-state index contributed by atoms with van der Waals surface area (Å²) in [6.07, 6.45) is 1.11. The molecule has 1 N–H and O–H groups in total. The fraction of sp³-hybridized carbons (Fsp3) is 1.00. The molecule has 1 saturated heterocycles. The van der Waals surface area contributed by atoms with Gasteiger partial charge in [-0.1, -0.05) is 6.92 Å². The summed E-state index contributed by atoms with van der Waals surface area (Å²) >= 11 is 0. The van der Waals surface area contributed by atoms with Crippen LogP contribution in [0.4, 0.5) is 0 Å². The summed E-state index contributed by atoms with van der Waals surface area (Å²) in [6.45, 7) is 7.97. The molecule has 1 aliphatic rings. The van der Waals surface area contributed by atoms with Gasteiger partial charge >= 0.3 is 0 Å². The maximum Gasteiger partial charge on any atom is 0.0694 e. The molecule has 1 heterocycles. The van der Waals surface area contributed by atoms with E-state index in [4.69, 9.17) is 4.74 Å². The Bertz CT molecular complexity index is 142. The predicted molar refractivity (Wildman–Crippen MR) is 44.4 cm³/mol. The Morgan fingerprint density at radius 3 is 2.36 bits per heavy atom. The van der Waals surface area contributed by atoms with E-state index < -0.39 is 5.60 Å². The van der Waals surface area contributed by atoms with Crippen molar-refractivity contribution >= 4 is 0 Å². The van der Waals surface area contributed by atoms with Crippen LogP contribution in [0.25, 0.3) is 0 Å². The second kappa shape index (κ2) is 2.76. The smallest absolute Gasteiger partial charge is 0.0694 e. The largest absolute Gasteiger partial charge is 0.390 e. The summed E-state index contributed by atoms with van der Waals surface area (Å²) in [5.74, 6) is 0.235. The average molecular weight is 158 g/mol. The van der Waals surface area contributed by atoms with Crippen molar-refractivity contribution in [3.05, 3.63) is 0 Å². The molecule has 2 nitrogen and oxygen atoms in total. The minimum absolute atomic E-state index is 0.175. The van der Waals surface area contributed by atoms with Gasteiger partial charge in [-0.15, -0.1) is 0 Å². The molecule has 0 bridgehead atoms. The lowest BCUT2D eigenvalue weighted by atomic mass is 9.80. The first-order valence-electron chi connectivity index (χ1n) is 4.31. The Hall–Kier alpha value is -0.0800. The van der Waals surface area contributed by atoms with Gasteiger partial charge in [0.25, 0.3) is 0 Å². The summed E-state index contributed by atoms with van der Waals surface area (Å²) in [7, 11) is 0. The fourth-order valence-electron chi connectivity index (χ4n) is 1.81. The zero-order valence-electron chi connectivity index (χ0n) is 7.79. The summed E-state index contributed by atoms with van der Waals surface area (Å²) in [5, 5.41) is 9.90. The van der Waals surface area contributed by atoms with Crippen LogP contribution < -0.4 is 0 Å². The number of rotatable bonds is 0. The maximum absolute atomic E-state index is 9.90. The van der Waals surface area contributed by atoms with Gasteiger partial charge in [0.1, 0.15) is 0 Å². The molecule has 1 rings (SSSR count). The third kappa shape index (κ3) is 1.74. The number of hydrogen-bond acceptors (Lipinski definition) is 2. The molecule has 0 aromatic rings. The highest BCUT2D eigenvalue weighted by molar-refractivity contribution is 4.89. The van der Waals surface area contributed by atoms with Gasteiger partial charge < -0.3 is 9.84 Å². The first-order valence-corrected chi connectivity index (χ1v) is 4.31. The Labute approximate surface area is 68.6 Å². The lowest BCUT2D eigenvalue weighted by molar-refractivity contribution is -0.161. The second-order valence-corrected chi connectivity index (χ2v) is 4.00. The lowest BCUT2D eigenvalue weighted by Gasteiger charge is -2.42. The van der Waals surface area contributed by atoms with Crippen molar-refractivity contribution < 1.29 is 9.84 Å². The van der Waals surface area contributed by atoms with Crippen molar-refractivity contribution in [2.24, 2.45) is 5.92 Å². The normalized spacial score (nSPS) is 52.6. The third-order valence-corrected chi connectivity index (χ3v) is 2.83. The van der Waals surface area contributed by atoms with Gasteiger partial charge in [0.15, 0.2) is 0 Å². The first-order chi connectivity index (χ1) is 4.93. The Morgan fingerprint density at radius 2 is 1.91 bits per heavy atom. The van der Waals surface area contributed by atoms with Crippen LogP contribution in [0.2, 0.25) is 0 Å². The maximum atomic E-state index is 9.90. The molecule has 0 radical (unpaired) electrons. The molecule has 0 aromatic heterocycles. The molecule has 0 aliphatic carbocycles. The molecule has 0 aromatic carbocycles. The Morgan fingerprint density at radius 1 is 1.36 bits per heavy atom. The van der Waals surface area contributed by atoms with Gasteiger partial charge in [-0.2, -0.15) is 0 Å². The quantitative estimate of drug-likeness (QED) is 0.580. The summed E-state index contributed by atoms with van der Waals surface area (Å²) in [6, 6.07) is 0. The summed E-state index contributed by atoms with van der Waals surface area (Å²) in [5.41, 5.74) is -0.545. The van der Waals surface area contributed by atoms with E-state index in [2.05, 4.69) is 0 Å². The minimum atomic E-state index is -0.545. The van der Waals surface area contributed by atoms with E-state index in [9.17, 15) is 5.11 Å². The second-order valence-electron chi connectivity index (χ2n) is 4.00. The molecular formula is C9H18O2. The van der Waals surface area contributed by atoms with Gasteiger partial charge in [0.2, 0.25) is 0 Å². The predicted octanol–water partition coefficient (Wildman–Crippen LogP) is 1.57. The molecule has 1 aliphatic heterocycles. The van der Waals surface area contributed by atoms with Gasteiger partial charge in [-0.3, -0.25) is 0 Å². The molecule has 2 heteroatoms. The van der Waals surface area contributed by atoms with Crippen molar-refractivity contribution in [1.82, 2.24) is 0 Å². The average Bonchev–Trinajstić information content (AvgIpc) is 1.81. The molecule has 1 unspecified atom stereocenters. The van der Waals surface area contributed by atoms with Crippen LogP contribution in [-0.4, -0.2) is 22.9 Å². The lowest BCUT2D eigenvalue weighted by Crippen LogP contribution is -2.48. The van der Waals surface area contributed by atoms with Crippen LogP contribution in [0.1, 0.15) is 34.1 Å². The van der Waals surface area contributed by atoms with Gasteiger partial charge in [-0.05, 0) is 20.8 Å². The fourth-order valence-corrected chi connectivity index (χ4v) is 1.81. The zero-order chi connectivity index (χ0) is 8.65. The van der Waals surface area contributed by atoms with E-state index in [1.165, 1.54) is 0 Å². The molecule has 4 atom stereocenters. The van der Waals surface area contributed by atoms with Crippen molar-refractivity contribution in [2.45, 2.75) is 51.9 Å². The number of hydrogen-bond donors (Lipinski definition) is 1. The van der Waals surface area contributed by atoms with E-state index in [1.54, 1.807) is 0 Å². The van der Waals surface area contributed by atoms with Crippen molar-refractivity contribution in [2.75, 3.05) is 0 Å². The zero-order valence-corrected chi connectivity index (χ0v) is 7.79. The number of ether oxygens (including phenoxy) is 1. The Balaban J connectivity index is 2.67. The Kier molecular flexibility index (Phi) is 2.26. The SMILES string of the molecule is CC1O[C@@H](C)C[C@@](C)(O)[C@H]1C. The van der Waals surface area contributed by atoms with Crippen LogP contribution in [0.3, 0.4) is 0 Å². The van der Waals surface area contributed by atoms with Crippen LogP contribution in [0, 0.1) is 5.92 Å². The molecule has 0 saturated carbocycles. The molecule has 66 valence electrons. The van der Waals surface area contributed by atoms with E-state index in [1.807, 2.05) is 27.7 Å². The highest BCUT2D eigenvalue weighted by atomic mass is 16.5. The number of aliphatic hydroxyl groups is 1. The van der Waals surface area contributed by atoms with Gasteiger partial charge in [0, 0.05) is 12.3 Å². The van der Waals surface area contributed by atoms with Crippen LogP contribution in [0.5, 0.6) is 0 Å². The van der Waals surface area contributed by atoms with Crippen molar-refractivity contribution in [1.29, 1.82) is 0 Å². The van der Waals surface area contributed by atoms with Gasteiger partial charge in [0.05, 0.1) is 17.8 Å². The van der Waals surface area contributed by atoms with E-state index in [0.29, 0.717) is 0 Å². The summed E-state index contributed by atoms with van der Waals surface area (Å²) in [4.78, 5) is 0. The highest BCUT2D eigenvalue weighted by Gasteiger charge is 2.39. The van der Waals surface area contributed by atoms with Crippen LogP contribution in [0.15, 0.2) is 0 Å². The monoisotopic (exact) mass is 158 g/mol. The molecular weight excluding hydrogens is 140 g/mol. The standard InChI is InChI=1S/C9H18O2/c1-6-5-9(4,10)7(2)8(3)11-6/h6-8,10H,5H2,1-4H3/t6-,7-,8?,9+/m0/s1. The molecule has 1 fully saturated rings. The molecule has 0 amide bonds. The first kappa shape index (κ1) is 9.01. The molecule has 0 spiro atoms. The topological polar surface area (TPSA) is 29.5 Å². The highest BCUT2D eigenvalue weighted by Crippen LogP contribution is 2.33. The summed E-state index contributed by atoms with van der Waals surface area (Å²) < 4.78 is 5.57. The van der Waals surface area contributed by atoms with Crippen molar-refractivity contribution in [3.8, 4) is 0 Å². The van der Waals surface area contributed by atoms with Crippen LogP contribution in [-0.2, 0) is 4.74 Å². The van der Waals surface area contributed by atoms with E-state index in [0.717, 1.165) is 6.42 Å². The van der Waals surface area contributed by atoms with Crippen molar-refractivity contribution in [3.63, 3.8) is 0 Å². The van der Waals surface area contributed by atoms with E-state index in [-0.39, 0.29) is 18.1 Å². The van der Waals surface area contributed by atoms with E-state index >= 15 is 0 Å². The minimum Gasteiger partial charge on any atom is -0.390 e. The van der Waals surface area contributed by atoms with Gasteiger partial charge in [-0.25, -0.2) is 0 Å². The third-order valence-electron chi connectivity index (χ3n) is 2.83.